The van der Waals surface area contributed by atoms with Gasteiger partial charge in [0.1, 0.15) is 0 Å². The van der Waals surface area contributed by atoms with Gasteiger partial charge in [0.25, 0.3) is 0 Å². The predicted octanol–water partition coefficient (Wildman–Crippen LogP) is 1.74. The zero-order valence-electron chi connectivity index (χ0n) is 5.81. The average Bonchev–Trinajstić information content (AvgIpc) is 2.13. The van der Waals surface area contributed by atoms with Crippen molar-refractivity contribution in [3.63, 3.8) is 0 Å². The van der Waals surface area contributed by atoms with Crippen LogP contribution in [0.15, 0.2) is 35.1 Å². The van der Waals surface area contributed by atoms with Gasteiger partial charge >= 0.3 is 0 Å². The van der Waals surface area contributed by atoms with Crippen LogP contribution in [0, 0.1) is 0 Å². The molecule has 1 aliphatic rings. The smallest absolute Gasteiger partial charge is 0.0386 e. The topological polar surface area (TPSA) is 26.0 Å². The Balaban J connectivity index is 3.00. The summed E-state index contributed by atoms with van der Waals surface area (Å²) in [6.45, 7) is 4.12. The molecule has 2 N–H and O–H groups in total. The van der Waals surface area contributed by atoms with Gasteiger partial charge in [0.2, 0.25) is 0 Å². The van der Waals surface area contributed by atoms with Crippen LogP contribution in [-0.4, -0.2) is 0 Å². The maximum Gasteiger partial charge on any atom is 0.0386 e. The van der Waals surface area contributed by atoms with E-state index in [1.807, 2.05) is 18.2 Å². The number of nitrogens with two attached hydrogens (primary N) is 1. The molecule has 0 atom stereocenters. The summed E-state index contributed by atoms with van der Waals surface area (Å²) in [5, 5.41) is 0. The fraction of sp³-hybridized carbons (Fsp3) is 0.250. The van der Waals surface area contributed by atoms with Gasteiger partial charge in [0, 0.05) is 5.70 Å². The first kappa shape index (κ1) is 6.14. The third-order valence-corrected chi connectivity index (χ3v) is 1.39. The molecule has 0 spiro atoms. The lowest BCUT2D eigenvalue weighted by molar-refractivity contribution is 1.27. The van der Waals surface area contributed by atoms with Crippen LogP contribution in [-0.2, 0) is 0 Å². The van der Waals surface area contributed by atoms with Crippen molar-refractivity contribution in [1.29, 1.82) is 0 Å². The zero-order valence-corrected chi connectivity index (χ0v) is 5.81. The van der Waals surface area contributed by atoms with Crippen LogP contribution in [0.5, 0.6) is 0 Å². The van der Waals surface area contributed by atoms with Gasteiger partial charge in [0.15, 0.2) is 0 Å². The van der Waals surface area contributed by atoms with Crippen molar-refractivity contribution in [2.45, 2.75) is 13.8 Å². The van der Waals surface area contributed by atoms with Gasteiger partial charge < -0.3 is 5.73 Å². The lowest BCUT2D eigenvalue weighted by Gasteiger charge is -1.98. The van der Waals surface area contributed by atoms with Crippen LogP contribution < -0.4 is 5.73 Å². The Hall–Kier alpha value is -0.980. The van der Waals surface area contributed by atoms with Gasteiger partial charge in [-0.3, -0.25) is 0 Å². The Morgan fingerprint density at radius 1 is 1.44 bits per heavy atom. The highest BCUT2D eigenvalue weighted by Crippen LogP contribution is 2.16. The largest absolute Gasteiger partial charge is 0.398 e. The summed E-state index contributed by atoms with van der Waals surface area (Å²) < 4.78 is 0. The highest BCUT2D eigenvalue weighted by Gasteiger charge is 2.01. The van der Waals surface area contributed by atoms with E-state index in [-0.39, 0.29) is 0 Å². The van der Waals surface area contributed by atoms with E-state index in [4.69, 9.17) is 5.73 Å². The number of hydrogen-bond donors (Lipinski definition) is 1. The lowest BCUT2D eigenvalue weighted by atomic mass is 10.1. The molecule has 0 aromatic carbocycles. The van der Waals surface area contributed by atoms with Gasteiger partial charge in [-0.2, -0.15) is 0 Å². The van der Waals surface area contributed by atoms with Gasteiger partial charge in [-0.25, -0.2) is 0 Å². The highest BCUT2D eigenvalue weighted by atomic mass is 14.6. The Labute approximate surface area is 55.6 Å². The van der Waals surface area contributed by atoms with Crippen LogP contribution in [0.4, 0.5) is 0 Å². The maximum atomic E-state index is 5.62. The maximum absolute atomic E-state index is 5.62. The molecule has 0 unspecified atom stereocenters. The first-order valence-corrected chi connectivity index (χ1v) is 3.03. The standard InChI is InChI=1S/C8H11N/c1-6(2)7-4-3-5-8(7)9/h3-5H,9H2,1-2H3. The normalized spacial score (nSPS) is 16.2. The van der Waals surface area contributed by atoms with Crippen molar-refractivity contribution in [2.75, 3.05) is 0 Å². The summed E-state index contributed by atoms with van der Waals surface area (Å²) in [4.78, 5) is 0. The van der Waals surface area contributed by atoms with Gasteiger partial charge in [0.05, 0.1) is 0 Å². The number of rotatable bonds is 0. The summed E-state index contributed by atoms with van der Waals surface area (Å²) in [5.41, 5.74) is 8.96. The molecule has 0 fully saturated rings. The SMILES string of the molecule is CC(C)=C1C=CC=C1N. The zero-order chi connectivity index (χ0) is 6.85. The number of allylic oxidation sites excluding steroid dienone is 4. The molecule has 0 bridgehead atoms. The summed E-state index contributed by atoms with van der Waals surface area (Å²) in [6.07, 6.45) is 5.92. The molecule has 0 saturated carbocycles. The quantitative estimate of drug-likeness (QED) is 0.519. The minimum absolute atomic E-state index is 0.884. The summed E-state index contributed by atoms with van der Waals surface area (Å²) in [5.74, 6) is 0. The fourth-order valence-electron chi connectivity index (χ4n) is 0.889. The molecule has 0 aromatic heterocycles. The Morgan fingerprint density at radius 3 is 2.33 bits per heavy atom. The molecule has 0 aromatic rings. The van der Waals surface area contributed by atoms with E-state index in [1.165, 1.54) is 11.1 Å². The van der Waals surface area contributed by atoms with E-state index in [2.05, 4.69) is 13.8 Å². The number of hydrogen-bond acceptors (Lipinski definition) is 1. The van der Waals surface area contributed by atoms with Crippen molar-refractivity contribution in [3.8, 4) is 0 Å². The molecule has 48 valence electrons. The second kappa shape index (κ2) is 2.09. The lowest BCUT2D eigenvalue weighted by Crippen LogP contribution is -1.96. The van der Waals surface area contributed by atoms with Crippen molar-refractivity contribution < 1.29 is 0 Å². The Morgan fingerprint density at radius 2 is 2.11 bits per heavy atom. The minimum Gasteiger partial charge on any atom is -0.398 e. The molecular weight excluding hydrogens is 110 g/mol. The van der Waals surface area contributed by atoms with E-state index in [0.29, 0.717) is 0 Å². The first-order chi connectivity index (χ1) is 4.22. The third kappa shape index (κ3) is 1.04. The molecular formula is C8H11N. The fourth-order valence-corrected chi connectivity index (χ4v) is 0.889. The van der Waals surface area contributed by atoms with Crippen molar-refractivity contribution >= 4 is 0 Å². The van der Waals surface area contributed by atoms with Gasteiger partial charge in [-0.1, -0.05) is 17.7 Å². The molecule has 1 aliphatic carbocycles. The first-order valence-electron chi connectivity index (χ1n) is 3.03. The molecule has 1 nitrogen and oxygen atoms in total. The van der Waals surface area contributed by atoms with Crippen molar-refractivity contribution in [2.24, 2.45) is 5.73 Å². The molecule has 0 heterocycles. The van der Waals surface area contributed by atoms with E-state index in [0.717, 1.165) is 5.70 Å². The van der Waals surface area contributed by atoms with E-state index < -0.39 is 0 Å². The van der Waals surface area contributed by atoms with E-state index in [9.17, 15) is 0 Å². The molecule has 0 aliphatic heterocycles. The molecule has 0 amide bonds. The van der Waals surface area contributed by atoms with Crippen LogP contribution in [0.25, 0.3) is 0 Å². The second-order valence-electron chi connectivity index (χ2n) is 2.39. The van der Waals surface area contributed by atoms with Crippen molar-refractivity contribution in [3.05, 3.63) is 35.1 Å². The van der Waals surface area contributed by atoms with Crippen LogP contribution >= 0.6 is 0 Å². The molecule has 0 radical (unpaired) electrons. The van der Waals surface area contributed by atoms with Crippen LogP contribution in [0.3, 0.4) is 0 Å². The average molecular weight is 121 g/mol. The molecule has 1 rings (SSSR count). The van der Waals surface area contributed by atoms with Crippen LogP contribution in [0.1, 0.15) is 13.8 Å². The highest BCUT2D eigenvalue weighted by molar-refractivity contribution is 5.48. The summed E-state index contributed by atoms with van der Waals surface area (Å²) >= 11 is 0. The molecule has 1 heteroatoms. The monoisotopic (exact) mass is 121 g/mol. The molecule has 9 heavy (non-hydrogen) atoms. The van der Waals surface area contributed by atoms with Crippen molar-refractivity contribution in [1.82, 2.24) is 0 Å². The minimum atomic E-state index is 0.884. The Kier molecular flexibility index (Phi) is 1.43. The van der Waals surface area contributed by atoms with Gasteiger partial charge in [-0.05, 0) is 25.5 Å². The molecule has 0 saturated heterocycles. The Bertz CT molecular complexity index is 203. The van der Waals surface area contributed by atoms with E-state index in [1.54, 1.807) is 0 Å². The van der Waals surface area contributed by atoms with Crippen LogP contribution in [0.2, 0.25) is 0 Å². The second-order valence-corrected chi connectivity index (χ2v) is 2.39. The predicted molar refractivity (Wildman–Crippen MR) is 39.8 cm³/mol. The summed E-state index contributed by atoms with van der Waals surface area (Å²) in [7, 11) is 0. The van der Waals surface area contributed by atoms with E-state index >= 15 is 0 Å². The van der Waals surface area contributed by atoms with Gasteiger partial charge in [-0.15, -0.1) is 0 Å². The third-order valence-electron chi connectivity index (χ3n) is 1.39. The summed E-state index contributed by atoms with van der Waals surface area (Å²) in [6, 6.07) is 0.